The van der Waals surface area contributed by atoms with Gasteiger partial charge in [-0.3, -0.25) is 10.00 Å². The van der Waals surface area contributed by atoms with Crippen molar-refractivity contribution in [1.82, 2.24) is 24.9 Å². The van der Waals surface area contributed by atoms with E-state index >= 15 is 0 Å². The third-order valence-electron chi connectivity index (χ3n) is 6.51. The summed E-state index contributed by atoms with van der Waals surface area (Å²) in [6.07, 6.45) is 3.27. The SMILES string of the molecule is COCC1CN(Cc2cn[nH]c2-c2ccccc2)CC1CN1CCCN(C)CC1. The molecule has 0 radical (unpaired) electrons. The Morgan fingerprint density at radius 3 is 2.69 bits per heavy atom. The van der Waals surface area contributed by atoms with Crippen LogP contribution in [0.2, 0.25) is 0 Å². The lowest BCUT2D eigenvalue weighted by Gasteiger charge is -2.26. The highest BCUT2D eigenvalue weighted by Crippen LogP contribution is 2.29. The zero-order valence-corrected chi connectivity index (χ0v) is 17.9. The number of hydrogen-bond acceptors (Lipinski definition) is 5. The van der Waals surface area contributed by atoms with E-state index in [1.165, 1.54) is 50.3 Å². The Morgan fingerprint density at radius 1 is 1.03 bits per heavy atom. The monoisotopic (exact) mass is 397 g/mol. The van der Waals surface area contributed by atoms with Crippen molar-refractivity contribution in [2.45, 2.75) is 13.0 Å². The van der Waals surface area contributed by atoms with Crippen LogP contribution in [0.25, 0.3) is 11.3 Å². The van der Waals surface area contributed by atoms with Gasteiger partial charge in [0.1, 0.15) is 0 Å². The van der Waals surface area contributed by atoms with Crippen LogP contribution in [-0.2, 0) is 11.3 Å². The van der Waals surface area contributed by atoms with Gasteiger partial charge in [0.2, 0.25) is 0 Å². The number of aromatic amines is 1. The molecule has 2 aromatic rings. The second kappa shape index (κ2) is 9.85. The molecule has 0 aliphatic carbocycles. The molecule has 1 aromatic carbocycles. The van der Waals surface area contributed by atoms with Crippen LogP contribution in [-0.4, -0.2) is 91.5 Å². The summed E-state index contributed by atoms with van der Waals surface area (Å²) in [7, 11) is 4.08. The van der Waals surface area contributed by atoms with Crippen molar-refractivity contribution in [3.63, 3.8) is 0 Å². The van der Waals surface area contributed by atoms with Gasteiger partial charge in [0.25, 0.3) is 0 Å². The molecular weight excluding hydrogens is 362 g/mol. The average molecular weight is 398 g/mol. The number of hydrogen-bond donors (Lipinski definition) is 1. The molecule has 158 valence electrons. The topological polar surface area (TPSA) is 47.6 Å². The van der Waals surface area contributed by atoms with E-state index in [4.69, 9.17) is 4.74 Å². The molecule has 1 aromatic heterocycles. The maximum absolute atomic E-state index is 5.59. The number of methoxy groups -OCH3 is 1. The van der Waals surface area contributed by atoms with Gasteiger partial charge >= 0.3 is 0 Å². The van der Waals surface area contributed by atoms with Gasteiger partial charge in [-0.1, -0.05) is 30.3 Å². The number of likely N-dealkylation sites (N-methyl/N-ethyl adjacent to an activating group) is 1. The standard InChI is InChI=1S/C23H35N5O/c1-26-9-6-10-27(12-11-26)15-21-16-28(17-22(21)18-29-2)14-20-13-24-25-23(20)19-7-4-3-5-8-19/h3-5,7-8,13,21-22H,6,9-12,14-18H2,1-2H3,(H,24,25). The van der Waals surface area contributed by atoms with Gasteiger partial charge in [0, 0.05) is 57.9 Å². The molecule has 2 aliphatic rings. The molecule has 4 rings (SSSR count). The number of aromatic nitrogens is 2. The van der Waals surface area contributed by atoms with Crippen LogP contribution in [0.15, 0.2) is 36.5 Å². The van der Waals surface area contributed by atoms with Gasteiger partial charge in [-0.15, -0.1) is 0 Å². The molecule has 0 spiro atoms. The number of benzene rings is 1. The van der Waals surface area contributed by atoms with Crippen LogP contribution in [0.5, 0.6) is 0 Å². The molecule has 6 heteroatoms. The molecule has 1 N–H and O–H groups in total. The van der Waals surface area contributed by atoms with E-state index in [0.717, 1.165) is 31.9 Å². The average Bonchev–Trinajstić information content (AvgIpc) is 3.28. The fourth-order valence-corrected chi connectivity index (χ4v) is 4.92. The zero-order valence-electron chi connectivity index (χ0n) is 17.9. The van der Waals surface area contributed by atoms with Crippen LogP contribution in [0.4, 0.5) is 0 Å². The first-order valence-corrected chi connectivity index (χ1v) is 10.9. The van der Waals surface area contributed by atoms with Crippen molar-refractivity contribution in [3.8, 4) is 11.3 Å². The Kier molecular flexibility index (Phi) is 6.98. The second-order valence-corrected chi connectivity index (χ2v) is 8.76. The van der Waals surface area contributed by atoms with Gasteiger partial charge < -0.3 is 14.5 Å². The van der Waals surface area contributed by atoms with Crippen molar-refractivity contribution < 1.29 is 4.74 Å². The molecule has 3 heterocycles. The summed E-state index contributed by atoms with van der Waals surface area (Å²) in [6, 6.07) is 10.5. The normalized spacial score (nSPS) is 24.8. The van der Waals surface area contributed by atoms with Crippen LogP contribution in [0, 0.1) is 11.8 Å². The molecular formula is C23H35N5O. The molecule has 2 saturated heterocycles. The number of rotatable bonds is 7. The maximum Gasteiger partial charge on any atom is 0.0695 e. The van der Waals surface area contributed by atoms with Crippen LogP contribution < -0.4 is 0 Å². The summed E-state index contributed by atoms with van der Waals surface area (Å²) in [5, 5.41) is 7.54. The molecule has 0 amide bonds. The molecule has 6 nitrogen and oxygen atoms in total. The van der Waals surface area contributed by atoms with Crippen molar-refractivity contribution in [3.05, 3.63) is 42.1 Å². The lowest BCUT2D eigenvalue weighted by Crippen LogP contribution is -2.36. The molecule has 0 saturated carbocycles. The highest BCUT2D eigenvalue weighted by Gasteiger charge is 2.34. The van der Waals surface area contributed by atoms with Gasteiger partial charge in [-0.05, 0) is 38.0 Å². The fourth-order valence-electron chi connectivity index (χ4n) is 4.92. The summed E-state index contributed by atoms with van der Waals surface area (Å²) >= 11 is 0. The number of nitrogens with zero attached hydrogens (tertiary/aromatic N) is 4. The number of likely N-dealkylation sites (tertiary alicyclic amines) is 1. The minimum Gasteiger partial charge on any atom is -0.384 e. The first kappa shape index (κ1) is 20.5. The minimum atomic E-state index is 0.605. The zero-order chi connectivity index (χ0) is 20.1. The van der Waals surface area contributed by atoms with E-state index < -0.39 is 0 Å². The maximum atomic E-state index is 5.59. The number of nitrogens with one attached hydrogen (secondary N) is 1. The summed E-state index contributed by atoms with van der Waals surface area (Å²) in [6.45, 7) is 10.0. The summed E-state index contributed by atoms with van der Waals surface area (Å²) in [5.41, 5.74) is 3.63. The lowest BCUT2D eigenvalue weighted by molar-refractivity contribution is 0.122. The summed E-state index contributed by atoms with van der Waals surface area (Å²) in [4.78, 5) is 7.72. The van der Waals surface area contributed by atoms with Crippen molar-refractivity contribution >= 4 is 0 Å². The van der Waals surface area contributed by atoms with E-state index in [9.17, 15) is 0 Å². The van der Waals surface area contributed by atoms with Crippen molar-refractivity contribution in [1.29, 1.82) is 0 Å². The molecule has 2 aliphatic heterocycles. The predicted octanol–water partition coefficient (Wildman–Crippen LogP) is 2.41. The van der Waals surface area contributed by atoms with Gasteiger partial charge in [0.05, 0.1) is 18.5 Å². The predicted molar refractivity (Wildman–Crippen MR) is 117 cm³/mol. The lowest BCUT2D eigenvalue weighted by atomic mass is 9.96. The van der Waals surface area contributed by atoms with Gasteiger partial charge in [0.15, 0.2) is 0 Å². The Hall–Kier alpha value is -1.73. The molecule has 2 fully saturated rings. The Morgan fingerprint density at radius 2 is 1.86 bits per heavy atom. The van der Waals surface area contributed by atoms with Gasteiger partial charge in [-0.25, -0.2) is 0 Å². The first-order valence-electron chi connectivity index (χ1n) is 10.9. The third kappa shape index (κ3) is 5.25. The first-order chi connectivity index (χ1) is 14.2. The molecule has 29 heavy (non-hydrogen) atoms. The van der Waals surface area contributed by atoms with Crippen LogP contribution >= 0.6 is 0 Å². The minimum absolute atomic E-state index is 0.605. The smallest absolute Gasteiger partial charge is 0.0695 e. The summed E-state index contributed by atoms with van der Waals surface area (Å²) in [5.74, 6) is 1.28. The number of H-pyrrole nitrogens is 1. The fraction of sp³-hybridized carbons (Fsp3) is 0.609. The third-order valence-corrected chi connectivity index (χ3v) is 6.51. The largest absolute Gasteiger partial charge is 0.384 e. The van der Waals surface area contributed by atoms with Crippen LogP contribution in [0.1, 0.15) is 12.0 Å². The molecule has 2 unspecified atom stereocenters. The molecule has 2 atom stereocenters. The van der Waals surface area contributed by atoms with Gasteiger partial charge in [-0.2, -0.15) is 5.10 Å². The van der Waals surface area contributed by atoms with E-state index in [2.05, 4.69) is 62.3 Å². The second-order valence-electron chi connectivity index (χ2n) is 8.76. The van der Waals surface area contributed by atoms with Crippen molar-refractivity contribution in [2.24, 2.45) is 11.8 Å². The number of ether oxygens (including phenoxy) is 1. The Balaban J connectivity index is 1.40. The quantitative estimate of drug-likeness (QED) is 0.778. The Bertz CT molecular complexity index is 749. The van der Waals surface area contributed by atoms with E-state index in [-0.39, 0.29) is 0 Å². The Labute approximate surface area is 174 Å². The highest BCUT2D eigenvalue weighted by molar-refractivity contribution is 5.62. The van der Waals surface area contributed by atoms with E-state index in [1.54, 1.807) is 0 Å². The summed E-state index contributed by atoms with van der Waals surface area (Å²) < 4.78 is 5.59. The molecule has 0 bridgehead atoms. The van der Waals surface area contributed by atoms with E-state index in [0.29, 0.717) is 11.8 Å². The highest BCUT2D eigenvalue weighted by atomic mass is 16.5. The van der Waals surface area contributed by atoms with Crippen molar-refractivity contribution in [2.75, 3.05) is 66.6 Å². The van der Waals surface area contributed by atoms with E-state index in [1.807, 2.05) is 13.3 Å². The van der Waals surface area contributed by atoms with Crippen LogP contribution in [0.3, 0.4) is 0 Å².